The molecule has 0 radical (unpaired) electrons. The van der Waals surface area contributed by atoms with Gasteiger partial charge < -0.3 is 5.32 Å². The summed E-state index contributed by atoms with van der Waals surface area (Å²) in [5.74, 6) is 1.64. The van der Waals surface area contributed by atoms with Gasteiger partial charge in [-0.15, -0.1) is 0 Å². The zero-order valence-electron chi connectivity index (χ0n) is 14.7. The van der Waals surface area contributed by atoms with Gasteiger partial charge in [0.25, 0.3) is 0 Å². The van der Waals surface area contributed by atoms with Crippen LogP contribution in [0.2, 0.25) is 0 Å². The number of aryl methyl sites for hydroxylation is 1. The summed E-state index contributed by atoms with van der Waals surface area (Å²) in [7, 11) is 0. The van der Waals surface area contributed by atoms with E-state index in [0.29, 0.717) is 12.0 Å². The van der Waals surface area contributed by atoms with Crippen molar-refractivity contribution in [3.63, 3.8) is 0 Å². The lowest BCUT2D eigenvalue weighted by Crippen LogP contribution is -2.24. The Morgan fingerprint density at radius 1 is 1.04 bits per heavy atom. The molecule has 2 aromatic carbocycles. The molecule has 3 rings (SSSR count). The van der Waals surface area contributed by atoms with Crippen LogP contribution in [0.15, 0.2) is 54.6 Å². The molecule has 126 valence electrons. The van der Waals surface area contributed by atoms with E-state index in [9.17, 15) is 4.79 Å². The molecule has 0 aromatic heterocycles. The summed E-state index contributed by atoms with van der Waals surface area (Å²) in [4.78, 5) is 11.4. The second kappa shape index (κ2) is 7.65. The second-order valence-electron chi connectivity index (χ2n) is 7.25. The van der Waals surface area contributed by atoms with E-state index in [1.165, 1.54) is 30.5 Å². The van der Waals surface area contributed by atoms with E-state index in [1.54, 1.807) is 6.92 Å². The number of carbonyl (C=O) groups excluding carboxylic acids is 1. The van der Waals surface area contributed by atoms with Crippen LogP contribution in [0.25, 0.3) is 0 Å². The molecule has 3 atom stereocenters. The number of carbonyl (C=O) groups is 1. The van der Waals surface area contributed by atoms with Gasteiger partial charge in [0.2, 0.25) is 0 Å². The van der Waals surface area contributed by atoms with Gasteiger partial charge in [-0.3, -0.25) is 4.79 Å². The maximum atomic E-state index is 11.4. The minimum Gasteiger partial charge on any atom is -0.382 e. The molecule has 2 heteroatoms. The maximum absolute atomic E-state index is 11.4. The molecule has 3 unspecified atom stereocenters. The first-order valence-electron chi connectivity index (χ1n) is 9.03. The van der Waals surface area contributed by atoms with Gasteiger partial charge in [0.05, 0.1) is 0 Å². The van der Waals surface area contributed by atoms with E-state index in [1.807, 2.05) is 12.1 Å². The molecular formula is C22H27NO. The molecule has 24 heavy (non-hydrogen) atoms. The Bertz CT molecular complexity index is 662. The highest BCUT2D eigenvalue weighted by Gasteiger charge is 2.31. The summed E-state index contributed by atoms with van der Waals surface area (Å²) >= 11 is 0. The zero-order valence-corrected chi connectivity index (χ0v) is 14.7. The fourth-order valence-corrected chi connectivity index (χ4v) is 3.91. The van der Waals surface area contributed by atoms with Crippen molar-refractivity contribution in [3.8, 4) is 0 Å². The number of para-hydroxylation sites is 1. The lowest BCUT2D eigenvalue weighted by molar-refractivity contribution is 0.101. The summed E-state index contributed by atoms with van der Waals surface area (Å²) < 4.78 is 0. The van der Waals surface area contributed by atoms with Gasteiger partial charge in [0, 0.05) is 17.3 Å². The van der Waals surface area contributed by atoms with Crippen LogP contribution in [-0.2, 0) is 6.42 Å². The highest BCUT2D eigenvalue weighted by molar-refractivity contribution is 5.93. The van der Waals surface area contributed by atoms with Gasteiger partial charge in [-0.25, -0.2) is 0 Å². The minimum atomic E-state index is 0.137. The molecule has 1 N–H and O–H groups in total. The number of nitrogens with one attached hydrogen (secondary N) is 1. The first-order valence-corrected chi connectivity index (χ1v) is 9.03. The Labute approximate surface area is 145 Å². The predicted octanol–water partition coefficient (Wildman–Crippen LogP) is 5.35. The van der Waals surface area contributed by atoms with Gasteiger partial charge in [-0.05, 0) is 62.1 Å². The number of Topliss-reactive ketones (excluding diaryl/α,β-unsaturated/α-hetero) is 1. The molecule has 0 heterocycles. The third-order valence-corrected chi connectivity index (χ3v) is 5.22. The van der Waals surface area contributed by atoms with Gasteiger partial charge >= 0.3 is 0 Å². The summed E-state index contributed by atoms with van der Waals surface area (Å²) in [5, 5.41) is 3.74. The molecule has 0 saturated heterocycles. The summed E-state index contributed by atoms with van der Waals surface area (Å²) in [6.45, 7) is 3.98. The largest absolute Gasteiger partial charge is 0.382 e. The average Bonchev–Trinajstić information content (AvgIpc) is 2.93. The van der Waals surface area contributed by atoms with Crippen molar-refractivity contribution in [2.24, 2.45) is 11.8 Å². The smallest absolute Gasteiger partial charge is 0.159 e. The molecular weight excluding hydrogens is 294 g/mol. The average molecular weight is 321 g/mol. The van der Waals surface area contributed by atoms with Crippen LogP contribution in [0.4, 0.5) is 5.69 Å². The van der Waals surface area contributed by atoms with Crippen LogP contribution in [0.3, 0.4) is 0 Å². The number of rotatable bonds is 6. The first-order chi connectivity index (χ1) is 11.6. The van der Waals surface area contributed by atoms with Crippen molar-refractivity contribution >= 4 is 11.5 Å². The normalized spacial score (nSPS) is 23.2. The number of hydrogen-bond donors (Lipinski definition) is 1. The number of ketones is 1. The molecule has 0 amide bonds. The molecule has 0 bridgehead atoms. The lowest BCUT2D eigenvalue weighted by atomic mass is 9.94. The molecule has 2 aromatic rings. The maximum Gasteiger partial charge on any atom is 0.159 e. The monoisotopic (exact) mass is 321 g/mol. The fourth-order valence-electron chi connectivity index (χ4n) is 3.91. The molecule has 1 aliphatic carbocycles. The van der Waals surface area contributed by atoms with Crippen molar-refractivity contribution < 1.29 is 4.79 Å². The van der Waals surface area contributed by atoms with Crippen LogP contribution >= 0.6 is 0 Å². The third kappa shape index (κ3) is 4.25. The van der Waals surface area contributed by atoms with Gasteiger partial charge in [-0.1, -0.05) is 49.4 Å². The van der Waals surface area contributed by atoms with Gasteiger partial charge in [-0.2, -0.15) is 0 Å². The lowest BCUT2D eigenvalue weighted by Gasteiger charge is -2.22. The summed E-state index contributed by atoms with van der Waals surface area (Å²) in [6, 6.07) is 19.2. The Morgan fingerprint density at radius 3 is 2.42 bits per heavy atom. The first kappa shape index (κ1) is 16.8. The Morgan fingerprint density at radius 2 is 1.75 bits per heavy atom. The van der Waals surface area contributed by atoms with E-state index < -0.39 is 0 Å². The van der Waals surface area contributed by atoms with E-state index in [4.69, 9.17) is 0 Å². The molecule has 1 fully saturated rings. The number of benzene rings is 2. The van der Waals surface area contributed by atoms with Crippen molar-refractivity contribution in [3.05, 3.63) is 65.7 Å². The van der Waals surface area contributed by atoms with Crippen LogP contribution in [-0.4, -0.2) is 11.8 Å². The topological polar surface area (TPSA) is 29.1 Å². The van der Waals surface area contributed by atoms with Crippen molar-refractivity contribution in [2.45, 2.75) is 45.6 Å². The standard InChI is InChI=1S/C22H27NO/c1-16-14-20(22(15-16)23-21-6-4-3-5-7-21)13-10-18-8-11-19(12-9-18)17(2)24/h3-9,11-12,16,20,22-23H,10,13-15H2,1-2H3. The SMILES string of the molecule is CC(=O)c1ccc(CCC2CC(C)CC2Nc2ccccc2)cc1. The Kier molecular flexibility index (Phi) is 5.34. The van der Waals surface area contributed by atoms with Crippen LogP contribution in [0.1, 0.15) is 49.0 Å². The molecule has 1 saturated carbocycles. The number of hydrogen-bond acceptors (Lipinski definition) is 2. The van der Waals surface area contributed by atoms with Crippen LogP contribution in [0.5, 0.6) is 0 Å². The van der Waals surface area contributed by atoms with Crippen molar-refractivity contribution in [1.29, 1.82) is 0 Å². The third-order valence-electron chi connectivity index (χ3n) is 5.22. The van der Waals surface area contributed by atoms with E-state index >= 15 is 0 Å². The highest BCUT2D eigenvalue weighted by atomic mass is 16.1. The van der Waals surface area contributed by atoms with Crippen LogP contribution in [0, 0.1) is 11.8 Å². The highest BCUT2D eigenvalue weighted by Crippen LogP contribution is 2.35. The molecule has 0 spiro atoms. The summed E-state index contributed by atoms with van der Waals surface area (Å²) in [5.41, 5.74) is 3.36. The van der Waals surface area contributed by atoms with Gasteiger partial charge in [0.15, 0.2) is 5.78 Å². The molecule has 2 nitrogen and oxygen atoms in total. The van der Waals surface area contributed by atoms with Crippen LogP contribution < -0.4 is 5.32 Å². The van der Waals surface area contributed by atoms with E-state index in [0.717, 1.165) is 17.9 Å². The summed E-state index contributed by atoms with van der Waals surface area (Å²) in [6.07, 6.45) is 4.84. The Hall–Kier alpha value is -2.09. The molecule has 1 aliphatic rings. The number of anilines is 1. The predicted molar refractivity (Wildman–Crippen MR) is 101 cm³/mol. The Balaban J connectivity index is 1.59. The minimum absolute atomic E-state index is 0.137. The van der Waals surface area contributed by atoms with Gasteiger partial charge in [0.1, 0.15) is 0 Å². The zero-order chi connectivity index (χ0) is 16.9. The van der Waals surface area contributed by atoms with Crippen molar-refractivity contribution in [1.82, 2.24) is 0 Å². The quantitative estimate of drug-likeness (QED) is 0.727. The fraction of sp³-hybridized carbons (Fsp3) is 0.409. The van der Waals surface area contributed by atoms with E-state index in [-0.39, 0.29) is 5.78 Å². The second-order valence-corrected chi connectivity index (χ2v) is 7.25. The van der Waals surface area contributed by atoms with E-state index in [2.05, 4.69) is 54.7 Å². The molecule has 0 aliphatic heterocycles. The van der Waals surface area contributed by atoms with Crippen molar-refractivity contribution in [2.75, 3.05) is 5.32 Å².